The number of pyridine rings is 1. The molecule has 0 fully saturated rings. The van der Waals surface area contributed by atoms with E-state index in [0.29, 0.717) is 0 Å². The summed E-state index contributed by atoms with van der Waals surface area (Å²) in [4.78, 5) is 4.40. The first-order valence-corrected chi connectivity index (χ1v) is 7.64. The maximum Gasteiger partial charge on any atom is 0.122 e. The van der Waals surface area contributed by atoms with Crippen molar-refractivity contribution < 1.29 is 9.84 Å². The van der Waals surface area contributed by atoms with Gasteiger partial charge in [0, 0.05) is 11.8 Å². The highest BCUT2D eigenvalue weighted by atomic mass is 32.1. The average molecular weight is 299 g/mol. The lowest BCUT2D eigenvalue weighted by Crippen LogP contribution is -2.04. The van der Waals surface area contributed by atoms with Gasteiger partial charge >= 0.3 is 0 Å². The number of rotatable bonds is 3. The molecule has 2 aromatic heterocycles. The zero-order valence-corrected chi connectivity index (χ0v) is 13.1. The van der Waals surface area contributed by atoms with Crippen LogP contribution in [0.4, 0.5) is 0 Å². The van der Waals surface area contributed by atoms with E-state index >= 15 is 0 Å². The van der Waals surface area contributed by atoms with E-state index in [-0.39, 0.29) is 0 Å². The minimum atomic E-state index is -0.673. The summed E-state index contributed by atoms with van der Waals surface area (Å²) in [6.45, 7) is 3.97. The minimum absolute atomic E-state index is 0.673. The molecule has 1 unspecified atom stereocenters. The van der Waals surface area contributed by atoms with E-state index < -0.39 is 6.10 Å². The molecule has 21 heavy (non-hydrogen) atoms. The summed E-state index contributed by atoms with van der Waals surface area (Å²) in [5.41, 5.74) is 4.71. The Bertz CT molecular complexity index is 795. The van der Waals surface area contributed by atoms with Gasteiger partial charge in [0.1, 0.15) is 11.9 Å². The number of nitrogens with zero attached hydrogens (tertiary/aromatic N) is 1. The van der Waals surface area contributed by atoms with E-state index in [0.717, 1.165) is 38.2 Å². The predicted molar refractivity (Wildman–Crippen MR) is 86.1 cm³/mol. The molecule has 108 valence electrons. The minimum Gasteiger partial charge on any atom is -0.496 e. The lowest BCUT2D eigenvalue weighted by molar-refractivity contribution is 0.219. The van der Waals surface area contributed by atoms with Gasteiger partial charge < -0.3 is 9.84 Å². The lowest BCUT2D eigenvalue weighted by Gasteiger charge is -2.16. The highest BCUT2D eigenvalue weighted by Crippen LogP contribution is 2.31. The summed E-state index contributed by atoms with van der Waals surface area (Å²) in [5, 5.41) is 12.7. The fraction of sp³-hybridized carbons (Fsp3) is 0.235. The number of ether oxygens (including phenoxy) is 1. The van der Waals surface area contributed by atoms with Crippen molar-refractivity contribution in [3.05, 3.63) is 58.1 Å². The van der Waals surface area contributed by atoms with Gasteiger partial charge in [0.15, 0.2) is 0 Å². The standard InChI is InChI=1S/C17H17NO2S/c1-10-7-15(20-3)11(2)6-13(10)17(19)12-8-16-14(18-9-12)4-5-21-16/h4-9,17,19H,1-3H3. The summed E-state index contributed by atoms with van der Waals surface area (Å²) in [6, 6.07) is 7.94. The molecule has 0 aliphatic carbocycles. The largest absolute Gasteiger partial charge is 0.496 e. The van der Waals surface area contributed by atoms with Crippen LogP contribution in [0.2, 0.25) is 0 Å². The molecule has 0 spiro atoms. The summed E-state index contributed by atoms with van der Waals surface area (Å²) >= 11 is 1.63. The van der Waals surface area contributed by atoms with E-state index in [4.69, 9.17) is 4.74 Å². The number of hydrogen-bond acceptors (Lipinski definition) is 4. The Hall–Kier alpha value is -1.91. The van der Waals surface area contributed by atoms with Gasteiger partial charge in [-0.15, -0.1) is 11.3 Å². The first-order chi connectivity index (χ1) is 10.1. The molecule has 0 saturated carbocycles. The molecular weight excluding hydrogens is 282 g/mol. The monoisotopic (exact) mass is 299 g/mol. The van der Waals surface area contributed by atoms with Crippen LogP contribution in [0.1, 0.15) is 28.4 Å². The smallest absolute Gasteiger partial charge is 0.122 e. The maximum absolute atomic E-state index is 10.7. The molecular formula is C17H17NO2S. The van der Waals surface area contributed by atoms with Crippen LogP contribution in [-0.4, -0.2) is 17.2 Å². The molecule has 2 heterocycles. The van der Waals surface area contributed by atoms with Gasteiger partial charge in [-0.3, -0.25) is 4.98 Å². The summed E-state index contributed by atoms with van der Waals surface area (Å²) in [6.07, 6.45) is 1.08. The maximum atomic E-state index is 10.7. The van der Waals surface area contributed by atoms with Gasteiger partial charge in [0.2, 0.25) is 0 Å². The Morgan fingerprint density at radius 1 is 1.19 bits per heavy atom. The van der Waals surface area contributed by atoms with E-state index in [1.165, 1.54) is 0 Å². The van der Waals surface area contributed by atoms with Gasteiger partial charge in [0.05, 0.1) is 17.3 Å². The number of aromatic nitrogens is 1. The molecule has 0 aliphatic heterocycles. The van der Waals surface area contributed by atoms with Crippen molar-refractivity contribution in [1.82, 2.24) is 4.98 Å². The molecule has 3 aromatic rings. The Kier molecular flexibility index (Phi) is 3.66. The van der Waals surface area contributed by atoms with E-state index in [2.05, 4.69) is 4.98 Å². The highest BCUT2D eigenvalue weighted by molar-refractivity contribution is 7.17. The third kappa shape index (κ3) is 2.52. The van der Waals surface area contributed by atoms with E-state index in [1.54, 1.807) is 24.6 Å². The number of aliphatic hydroxyl groups excluding tert-OH is 1. The van der Waals surface area contributed by atoms with Crippen LogP contribution in [0.15, 0.2) is 35.8 Å². The number of thiophene rings is 1. The second-order valence-electron chi connectivity index (χ2n) is 5.15. The zero-order valence-electron chi connectivity index (χ0n) is 12.3. The highest BCUT2D eigenvalue weighted by Gasteiger charge is 2.16. The number of fused-ring (bicyclic) bond motifs is 1. The van der Waals surface area contributed by atoms with Crippen LogP contribution in [0.3, 0.4) is 0 Å². The third-order valence-corrected chi connectivity index (χ3v) is 4.57. The fourth-order valence-electron chi connectivity index (χ4n) is 2.52. The molecule has 0 bridgehead atoms. The van der Waals surface area contributed by atoms with Crippen LogP contribution >= 0.6 is 11.3 Å². The van der Waals surface area contributed by atoms with Crippen LogP contribution in [0.25, 0.3) is 10.2 Å². The molecule has 3 nitrogen and oxygen atoms in total. The molecule has 3 rings (SSSR count). The normalized spacial score (nSPS) is 12.6. The first kappa shape index (κ1) is 14.0. The van der Waals surface area contributed by atoms with Crippen LogP contribution < -0.4 is 4.74 Å². The van der Waals surface area contributed by atoms with Crippen molar-refractivity contribution in [2.24, 2.45) is 0 Å². The quantitative estimate of drug-likeness (QED) is 0.794. The van der Waals surface area contributed by atoms with Gasteiger partial charge in [-0.25, -0.2) is 0 Å². The molecule has 0 saturated heterocycles. The van der Waals surface area contributed by atoms with Crippen molar-refractivity contribution in [2.45, 2.75) is 20.0 Å². The van der Waals surface area contributed by atoms with Crippen LogP contribution in [0.5, 0.6) is 5.75 Å². The van der Waals surface area contributed by atoms with Gasteiger partial charge in [-0.1, -0.05) is 0 Å². The Labute approximate surface area is 127 Å². The molecule has 1 aromatic carbocycles. The number of hydrogen-bond donors (Lipinski definition) is 1. The summed E-state index contributed by atoms with van der Waals surface area (Å²) in [5.74, 6) is 0.843. The number of aryl methyl sites for hydroxylation is 2. The topological polar surface area (TPSA) is 42.4 Å². The van der Waals surface area contributed by atoms with Crippen LogP contribution in [-0.2, 0) is 0 Å². The van der Waals surface area contributed by atoms with Crippen molar-refractivity contribution in [3.63, 3.8) is 0 Å². The molecule has 4 heteroatoms. The molecule has 1 atom stereocenters. The third-order valence-electron chi connectivity index (χ3n) is 3.72. The number of methoxy groups -OCH3 is 1. The van der Waals surface area contributed by atoms with Gasteiger partial charge in [-0.05, 0) is 60.2 Å². The molecule has 0 aliphatic rings. The second kappa shape index (κ2) is 5.47. The van der Waals surface area contributed by atoms with Crippen molar-refractivity contribution in [2.75, 3.05) is 7.11 Å². The van der Waals surface area contributed by atoms with Crippen molar-refractivity contribution >= 4 is 21.6 Å². The Morgan fingerprint density at radius 2 is 2.00 bits per heavy atom. The average Bonchev–Trinajstić information content (AvgIpc) is 2.95. The molecule has 0 amide bonds. The van der Waals surface area contributed by atoms with Gasteiger partial charge in [0.25, 0.3) is 0 Å². The second-order valence-corrected chi connectivity index (χ2v) is 6.10. The SMILES string of the molecule is COc1cc(C)c(C(O)c2cnc3ccsc3c2)cc1C. The van der Waals surface area contributed by atoms with Crippen LogP contribution in [0, 0.1) is 13.8 Å². The van der Waals surface area contributed by atoms with E-state index in [1.807, 2.05) is 43.5 Å². The number of benzene rings is 1. The molecule has 1 N–H and O–H groups in total. The van der Waals surface area contributed by atoms with Crippen molar-refractivity contribution in [3.8, 4) is 5.75 Å². The Morgan fingerprint density at radius 3 is 2.76 bits per heavy atom. The Balaban J connectivity index is 2.04. The lowest BCUT2D eigenvalue weighted by atomic mass is 9.96. The summed E-state index contributed by atoms with van der Waals surface area (Å²) < 4.78 is 6.41. The van der Waals surface area contributed by atoms with Gasteiger partial charge in [-0.2, -0.15) is 0 Å². The number of aliphatic hydroxyl groups is 1. The summed E-state index contributed by atoms with van der Waals surface area (Å²) in [7, 11) is 1.66. The fourth-order valence-corrected chi connectivity index (χ4v) is 3.31. The first-order valence-electron chi connectivity index (χ1n) is 6.76. The predicted octanol–water partition coefficient (Wildman–Crippen LogP) is 4.00. The molecule has 0 radical (unpaired) electrons. The zero-order chi connectivity index (χ0) is 15.0. The van der Waals surface area contributed by atoms with Crippen molar-refractivity contribution in [1.29, 1.82) is 0 Å². The van der Waals surface area contributed by atoms with E-state index in [9.17, 15) is 5.11 Å².